The van der Waals surface area contributed by atoms with E-state index in [-0.39, 0.29) is 39.9 Å². The number of hydrogen-bond donors (Lipinski definition) is 1. The van der Waals surface area contributed by atoms with Gasteiger partial charge in [0.1, 0.15) is 28.6 Å². The van der Waals surface area contributed by atoms with E-state index in [4.69, 9.17) is 20.7 Å². The Labute approximate surface area is 231 Å². The zero-order valence-corrected chi connectivity index (χ0v) is 25.8. The number of carbonyl (C=O) groups is 4. The fraction of sp³-hybridized carbons (Fsp3) is 0.630. The fourth-order valence-electron chi connectivity index (χ4n) is 4.25. The SMILES string of the molecule is CC(C)(C)OC(=O)c1cnc(N)c(C(=O)OC(C)(C)C)c1C[C@H]1C(=O)N([Si](C)(C)C(C)(C)C)[C@@H]1C(=O)C=[N+]=[N-]. The van der Waals surface area contributed by atoms with Crippen molar-refractivity contribution in [3.8, 4) is 0 Å². The second-order valence-corrected chi connectivity index (χ2v) is 18.4. The summed E-state index contributed by atoms with van der Waals surface area (Å²) < 4.78 is 12.7. The number of esters is 2. The number of Topliss-reactive ketones (excluding diaryl/α,β-unsaturated/α-hetero) is 1. The lowest BCUT2D eigenvalue weighted by molar-refractivity contribution is -0.153. The van der Waals surface area contributed by atoms with E-state index in [2.05, 4.69) is 9.77 Å². The summed E-state index contributed by atoms with van der Waals surface area (Å²) in [5.41, 5.74) is 13.4. The van der Waals surface area contributed by atoms with Crippen molar-refractivity contribution in [2.75, 3.05) is 5.73 Å². The number of hydrogen-bond acceptors (Lipinski definition) is 8. The first kappa shape index (κ1) is 31.8. The number of nitrogens with two attached hydrogens (primary N) is 1. The lowest BCUT2D eigenvalue weighted by atomic mass is 9.80. The van der Waals surface area contributed by atoms with Gasteiger partial charge in [-0.1, -0.05) is 33.9 Å². The van der Waals surface area contributed by atoms with Gasteiger partial charge in [-0.25, -0.2) is 14.6 Å². The molecule has 0 radical (unpaired) electrons. The van der Waals surface area contributed by atoms with Crippen molar-refractivity contribution in [3.63, 3.8) is 0 Å². The van der Waals surface area contributed by atoms with E-state index in [1.54, 1.807) is 46.1 Å². The van der Waals surface area contributed by atoms with Crippen LogP contribution in [0.1, 0.15) is 88.6 Å². The standard InChI is InChI=1S/C27H41N5O6Si/c1-25(2,3)37-23(35)17-13-30-21(28)19(24(36)38-26(4,5)6)15(17)12-16-20(18(33)14-31-29)32(22(16)34)39(10,11)27(7,8)9/h13-14,16,20H,12H2,1-11H3,(H2,28,30)/t16-,20+/m1/s1. The number of anilines is 1. The summed E-state index contributed by atoms with van der Waals surface area (Å²) in [6.45, 7) is 20.1. The third kappa shape index (κ3) is 6.80. The van der Waals surface area contributed by atoms with Gasteiger partial charge in [-0.3, -0.25) is 9.59 Å². The summed E-state index contributed by atoms with van der Waals surface area (Å²) in [7, 11) is -2.54. The van der Waals surface area contributed by atoms with Crippen LogP contribution in [0, 0.1) is 5.92 Å². The van der Waals surface area contributed by atoms with Gasteiger partial charge in [0.15, 0.2) is 8.24 Å². The predicted molar refractivity (Wildman–Crippen MR) is 149 cm³/mol. The summed E-state index contributed by atoms with van der Waals surface area (Å²) in [5.74, 6) is -3.57. The zero-order chi connectivity index (χ0) is 30.3. The molecule has 1 aliphatic heterocycles. The monoisotopic (exact) mass is 559 g/mol. The van der Waals surface area contributed by atoms with Gasteiger partial charge in [0.25, 0.3) is 5.78 Å². The Morgan fingerprint density at radius 3 is 2.03 bits per heavy atom. The first-order chi connectivity index (χ1) is 17.5. The van der Waals surface area contributed by atoms with Gasteiger partial charge in [0.05, 0.1) is 11.5 Å². The third-order valence-electron chi connectivity index (χ3n) is 6.99. The van der Waals surface area contributed by atoms with E-state index in [1.165, 1.54) is 6.20 Å². The van der Waals surface area contributed by atoms with Crippen LogP contribution in [0.4, 0.5) is 5.82 Å². The number of ketones is 1. The molecule has 1 amide bonds. The molecule has 1 saturated heterocycles. The molecule has 214 valence electrons. The average Bonchev–Trinajstić information content (AvgIpc) is 2.71. The van der Waals surface area contributed by atoms with Gasteiger partial charge in [0.2, 0.25) is 5.91 Å². The average molecular weight is 560 g/mol. The normalized spacial score (nSPS) is 18.1. The van der Waals surface area contributed by atoms with Crippen LogP contribution in [-0.4, -0.2) is 69.7 Å². The highest BCUT2D eigenvalue weighted by atomic mass is 28.3. The summed E-state index contributed by atoms with van der Waals surface area (Å²) in [6, 6.07) is -0.957. The van der Waals surface area contributed by atoms with Crippen LogP contribution >= 0.6 is 0 Å². The Bertz CT molecular complexity index is 1230. The van der Waals surface area contributed by atoms with Crippen molar-refractivity contribution in [3.05, 3.63) is 28.4 Å². The van der Waals surface area contributed by atoms with Crippen LogP contribution in [0.3, 0.4) is 0 Å². The molecular formula is C27H41N5O6Si. The van der Waals surface area contributed by atoms with E-state index < -0.39 is 49.1 Å². The topological polar surface area (TPSA) is 165 Å². The molecule has 2 rings (SSSR count). The van der Waals surface area contributed by atoms with E-state index in [0.29, 0.717) is 0 Å². The number of β-lactam (4-membered cyclic amide) rings is 1. The maximum Gasteiger partial charge on any atom is 0.342 e. The minimum Gasteiger partial charge on any atom is -0.456 e. The molecule has 1 aliphatic rings. The van der Waals surface area contributed by atoms with Gasteiger partial charge in [-0.2, -0.15) is 4.79 Å². The highest BCUT2D eigenvalue weighted by Crippen LogP contribution is 2.46. The molecule has 0 spiro atoms. The predicted octanol–water partition coefficient (Wildman–Crippen LogP) is 3.82. The van der Waals surface area contributed by atoms with Gasteiger partial charge in [-0.05, 0) is 58.6 Å². The van der Waals surface area contributed by atoms with Crippen LogP contribution in [0.15, 0.2) is 6.20 Å². The van der Waals surface area contributed by atoms with Crippen molar-refractivity contribution < 1.29 is 33.4 Å². The van der Waals surface area contributed by atoms with E-state index in [0.717, 1.165) is 6.21 Å². The van der Waals surface area contributed by atoms with Crippen LogP contribution < -0.4 is 5.73 Å². The molecule has 1 fully saturated rings. The highest BCUT2D eigenvalue weighted by Gasteiger charge is 2.60. The fourth-order valence-corrected chi connectivity index (χ4v) is 6.70. The molecule has 0 aromatic carbocycles. The molecule has 2 heterocycles. The minimum atomic E-state index is -2.54. The van der Waals surface area contributed by atoms with Crippen LogP contribution in [-0.2, 0) is 25.5 Å². The molecule has 0 unspecified atom stereocenters. The van der Waals surface area contributed by atoms with Crippen LogP contribution in [0.25, 0.3) is 5.53 Å². The first-order valence-corrected chi connectivity index (χ1v) is 15.8. The molecule has 0 saturated carbocycles. The highest BCUT2D eigenvalue weighted by molar-refractivity contribution is 6.80. The number of rotatable bonds is 7. The molecule has 39 heavy (non-hydrogen) atoms. The molecular weight excluding hydrogens is 518 g/mol. The molecule has 2 atom stereocenters. The quantitative estimate of drug-likeness (QED) is 0.131. The van der Waals surface area contributed by atoms with Crippen LogP contribution in [0.5, 0.6) is 0 Å². The Morgan fingerprint density at radius 2 is 1.56 bits per heavy atom. The number of nitrogen functional groups attached to an aromatic ring is 1. The second kappa shape index (κ2) is 10.7. The minimum absolute atomic E-state index is 0.0550. The molecule has 1 aromatic heterocycles. The Morgan fingerprint density at radius 1 is 1.05 bits per heavy atom. The number of nitrogens with zero attached hydrogens (tertiary/aromatic N) is 4. The first-order valence-electron chi connectivity index (χ1n) is 12.8. The lowest BCUT2D eigenvalue weighted by Crippen LogP contribution is -2.75. The maximum atomic E-state index is 13.7. The van der Waals surface area contributed by atoms with E-state index in [9.17, 15) is 19.2 Å². The Hall–Kier alpha value is -3.37. The summed E-state index contributed by atoms with van der Waals surface area (Å²) in [4.78, 5) is 60.3. The molecule has 12 heteroatoms. The van der Waals surface area contributed by atoms with Crippen LogP contribution in [0.2, 0.25) is 18.1 Å². The Balaban J connectivity index is 2.74. The van der Waals surface area contributed by atoms with Crippen molar-refractivity contribution in [2.24, 2.45) is 5.92 Å². The zero-order valence-electron chi connectivity index (χ0n) is 24.8. The van der Waals surface area contributed by atoms with E-state index in [1.807, 2.05) is 33.9 Å². The number of aromatic nitrogens is 1. The maximum absolute atomic E-state index is 13.7. The van der Waals surface area contributed by atoms with Crippen molar-refractivity contribution in [2.45, 2.75) is 104 Å². The van der Waals surface area contributed by atoms with Gasteiger partial charge < -0.3 is 25.3 Å². The number of pyridine rings is 1. The largest absolute Gasteiger partial charge is 0.456 e. The molecule has 1 aromatic rings. The number of ether oxygens (including phenoxy) is 2. The summed E-state index contributed by atoms with van der Waals surface area (Å²) >= 11 is 0. The number of carbonyl (C=O) groups excluding carboxylic acids is 4. The van der Waals surface area contributed by atoms with Gasteiger partial charge >= 0.3 is 18.2 Å². The smallest absolute Gasteiger partial charge is 0.342 e. The molecule has 0 bridgehead atoms. The summed E-state index contributed by atoms with van der Waals surface area (Å²) in [5, 5.41) is -0.285. The Kier molecular flexibility index (Phi) is 8.70. The molecule has 2 N–H and O–H groups in total. The number of amides is 1. The molecule has 11 nitrogen and oxygen atoms in total. The van der Waals surface area contributed by atoms with Crippen molar-refractivity contribution in [1.82, 2.24) is 9.55 Å². The molecule has 0 aliphatic carbocycles. The summed E-state index contributed by atoms with van der Waals surface area (Å²) in [6.07, 6.45) is 1.79. The lowest BCUT2D eigenvalue weighted by Gasteiger charge is -2.57. The van der Waals surface area contributed by atoms with Crippen molar-refractivity contribution >= 4 is 43.9 Å². The van der Waals surface area contributed by atoms with Gasteiger partial charge in [0, 0.05) is 6.20 Å². The third-order valence-corrected chi connectivity index (χ3v) is 12.4. The van der Waals surface area contributed by atoms with E-state index >= 15 is 0 Å². The van der Waals surface area contributed by atoms with Gasteiger partial charge in [-0.15, -0.1) is 0 Å². The second-order valence-electron chi connectivity index (χ2n) is 13.3. The van der Waals surface area contributed by atoms with Crippen molar-refractivity contribution in [1.29, 1.82) is 0 Å².